The van der Waals surface area contributed by atoms with Crippen LogP contribution < -0.4 is 7.76 Å². The summed E-state index contributed by atoms with van der Waals surface area (Å²) in [7, 11) is 0. The molecule has 384 valence electrons. The molecule has 0 aliphatic carbocycles. The van der Waals surface area contributed by atoms with Crippen molar-refractivity contribution >= 4 is 11.4 Å². The first-order chi connectivity index (χ1) is 34.5. The van der Waals surface area contributed by atoms with Crippen LogP contribution in [0.2, 0.25) is 0 Å². The van der Waals surface area contributed by atoms with Gasteiger partial charge < -0.3 is 5.53 Å². The molecule has 0 atom stereocenters. The summed E-state index contributed by atoms with van der Waals surface area (Å²) >= 11 is 0.777. The molecule has 1 heterocycles. The van der Waals surface area contributed by atoms with Crippen LogP contribution in [0.1, 0.15) is 235 Å². The number of hydrogen-bond acceptors (Lipinski definition) is 2. The molecule has 70 heavy (non-hydrogen) atoms. The van der Waals surface area contributed by atoms with Crippen LogP contribution in [0.5, 0.6) is 11.5 Å². The molecule has 5 rings (SSSR count). The predicted molar refractivity (Wildman–Crippen MR) is 296 cm³/mol. The molecule has 5 heteroatoms. The number of hydrogen-bond donors (Lipinski definition) is 0. The van der Waals surface area contributed by atoms with Crippen molar-refractivity contribution in [2.24, 2.45) is 0 Å². The van der Waals surface area contributed by atoms with Crippen LogP contribution in [0.25, 0.3) is 16.9 Å². The van der Waals surface area contributed by atoms with Crippen LogP contribution in [0.3, 0.4) is 0 Å². The Labute approximate surface area is 434 Å². The third kappa shape index (κ3) is 24.6. The maximum absolute atomic E-state index is 11.9. The van der Waals surface area contributed by atoms with Gasteiger partial charge in [0.1, 0.15) is 5.57 Å². The van der Waals surface area contributed by atoms with Gasteiger partial charge in [0.15, 0.2) is 0 Å². The van der Waals surface area contributed by atoms with E-state index in [-0.39, 0.29) is 0 Å². The minimum absolute atomic E-state index is 0.777. The maximum atomic E-state index is 11.9. The van der Waals surface area contributed by atoms with Crippen molar-refractivity contribution in [1.29, 1.82) is 0 Å². The quantitative estimate of drug-likeness (QED) is 0.0197. The van der Waals surface area contributed by atoms with Gasteiger partial charge in [-0.1, -0.05) is 234 Å². The van der Waals surface area contributed by atoms with E-state index < -0.39 is 0 Å². The first-order valence-corrected chi connectivity index (χ1v) is 29.0. The van der Waals surface area contributed by atoms with Gasteiger partial charge in [-0.2, -0.15) is 0 Å². The summed E-state index contributed by atoms with van der Waals surface area (Å²) in [5.74, 6) is 8.79. The Balaban J connectivity index is 0.000000597. The Hall–Kier alpha value is -4.39. The fourth-order valence-corrected chi connectivity index (χ4v) is 9.87. The van der Waals surface area contributed by atoms with Gasteiger partial charge >= 0.3 is 95.0 Å². The zero-order chi connectivity index (χ0) is 49.5. The van der Waals surface area contributed by atoms with Crippen LogP contribution in [0.15, 0.2) is 120 Å². The van der Waals surface area contributed by atoms with Crippen LogP contribution in [-0.2, 0) is 15.1 Å². The van der Waals surface area contributed by atoms with Gasteiger partial charge in [0, 0.05) is 23.1 Å². The number of rotatable bonds is 36. The summed E-state index contributed by atoms with van der Waals surface area (Å²) in [6, 6.07) is 36.2. The summed E-state index contributed by atoms with van der Waals surface area (Å²) in [6.45, 7) is 8.84. The molecule has 0 aromatic heterocycles. The summed E-state index contributed by atoms with van der Waals surface area (Å²) in [5.41, 5.74) is 20.4. The average molecular weight is 992 g/mol. The summed E-state index contributed by atoms with van der Waals surface area (Å²) in [5, 5.41) is 0. The molecule has 0 bridgehead atoms. The van der Waals surface area contributed by atoms with E-state index in [9.17, 15) is 5.53 Å². The number of para-hydroxylation sites is 2. The zero-order valence-electron chi connectivity index (χ0n) is 44.3. The third-order valence-corrected chi connectivity index (χ3v) is 14.0. The standard InChI is InChI=1S/C53H82N2.2C6H6O.Ni/c1-5-7-9-11-13-14-15-16-17-18-19-20-21-22-23-24-25-26-27-28-29-30-31-33-35-43-51-50(42-34-32-12-10-8-6-2)52(48-40-36-38-46(3)44-48)55(54)53(51)49-41-37-39-47(4)45-49;2*7-6-4-2-1-3-5-6;/h36-41,44-45H,5-34,42H2,1-4H3;2*1-5,7H;/q;;;+2/p-2. The van der Waals surface area contributed by atoms with E-state index in [4.69, 9.17) is 7.76 Å². The van der Waals surface area contributed by atoms with Crippen molar-refractivity contribution in [3.05, 3.63) is 148 Å². The molecule has 4 nitrogen and oxygen atoms in total. The van der Waals surface area contributed by atoms with Crippen molar-refractivity contribution in [2.45, 2.75) is 227 Å². The second-order valence-corrected chi connectivity index (χ2v) is 20.3. The minimum atomic E-state index is 0.777. The zero-order valence-corrected chi connectivity index (χ0v) is 45.3. The number of benzene rings is 4. The predicted octanol–water partition coefficient (Wildman–Crippen LogP) is 20.7. The topological polar surface area (TPSA) is 43.8 Å². The van der Waals surface area contributed by atoms with E-state index in [2.05, 4.69) is 88.1 Å². The molecule has 0 radical (unpaired) electrons. The van der Waals surface area contributed by atoms with Crippen LogP contribution >= 0.6 is 0 Å². The Morgan fingerprint density at radius 1 is 0.429 bits per heavy atom. The summed E-state index contributed by atoms with van der Waals surface area (Å²) < 4.78 is 12.1. The van der Waals surface area contributed by atoms with E-state index in [0.717, 1.165) is 80.4 Å². The van der Waals surface area contributed by atoms with Gasteiger partial charge in [0.05, 0.1) is 0 Å². The van der Waals surface area contributed by atoms with Gasteiger partial charge in [0.25, 0.3) is 0 Å². The molecule has 0 N–H and O–H groups in total. The molecule has 0 amide bonds. The van der Waals surface area contributed by atoms with E-state index in [1.165, 1.54) is 195 Å². The van der Waals surface area contributed by atoms with Crippen molar-refractivity contribution in [2.75, 3.05) is 0 Å². The second kappa shape index (κ2) is 38.3. The number of allylic oxidation sites excluding steroid dienone is 2. The molecule has 4 aromatic rings. The van der Waals surface area contributed by atoms with E-state index in [0.29, 0.717) is 0 Å². The van der Waals surface area contributed by atoms with Gasteiger partial charge in [-0.3, -0.25) is 0 Å². The molecular formula is C65H92N2NiO2. The van der Waals surface area contributed by atoms with E-state index in [1.807, 2.05) is 60.7 Å². The van der Waals surface area contributed by atoms with Crippen molar-refractivity contribution in [3.63, 3.8) is 0 Å². The molecule has 0 unspecified atom stereocenters. The molecule has 1 aliphatic heterocycles. The normalized spacial score (nSPS) is 12.3. The van der Waals surface area contributed by atoms with Gasteiger partial charge in [-0.15, -0.1) is 0 Å². The molecule has 0 spiro atoms. The number of aryl methyl sites for hydroxylation is 2. The van der Waals surface area contributed by atoms with E-state index in [1.54, 1.807) is 0 Å². The Kier molecular flexibility index (Phi) is 31.8. The van der Waals surface area contributed by atoms with Gasteiger partial charge in [-0.25, -0.2) is 4.70 Å². The Morgan fingerprint density at radius 3 is 1.20 bits per heavy atom. The molecule has 1 aliphatic rings. The van der Waals surface area contributed by atoms with E-state index >= 15 is 0 Å². The van der Waals surface area contributed by atoms with Crippen LogP contribution in [0.4, 0.5) is 0 Å². The molecule has 0 saturated carbocycles. The molecule has 4 aromatic carbocycles. The average Bonchev–Trinajstić information content (AvgIpc) is 3.65. The molecular weight excluding hydrogens is 899 g/mol. The number of nitrogens with zero attached hydrogens (tertiary/aromatic N) is 2. The fourth-order valence-electron chi connectivity index (χ4n) is 9.37. The van der Waals surface area contributed by atoms with Crippen molar-refractivity contribution in [1.82, 2.24) is 0 Å². The monoisotopic (exact) mass is 991 g/mol. The van der Waals surface area contributed by atoms with Gasteiger partial charge in [-0.05, 0) is 57.4 Å². The number of unbranched alkanes of at least 4 members (excludes halogenated alkanes) is 28. The van der Waals surface area contributed by atoms with Crippen molar-refractivity contribution < 1.29 is 27.5 Å². The summed E-state index contributed by atoms with van der Waals surface area (Å²) in [6.07, 6.45) is 41.8. The SMILES string of the molecule is CCCCCCCCCCCCCCCCCCCCCCCCCC#CC1=C(c2cccc(C)c2)[N+](=[N-])C(c2cccc(C)c2)=C1CCCCCCCC.c1ccc([O][Ni][O]c2ccccc2)cc1. The first-order valence-electron chi connectivity index (χ1n) is 28.1. The van der Waals surface area contributed by atoms with Crippen LogP contribution in [0, 0.1) is 25.7 Å². The van der Waals surface area contributed by atoms with Crippen molar-refractivity contribution in [3.8, 4) is 23.3 Å². The molecule has 0 fully saturated rings. The molecule has 0 saturated heterocycles. The third-order valence-electron chi connectivity index (χ3n) is 13.4. The fraction of sp³-hybridized carbons (Fsp3) is 0.538. The Morgan fingerprint density at radius 2 is 0.800 bits per heavy atom. The summed E-state index contributed by atoms with van der Waals surface area (Å²) in [4.78, 5) is 0. The Bertz CT molecular complexity index is 2070. The second-order valence-electron chi connectivity index (χ2n) is 19.8. The first kappa shape index (κ1) is 58.2. The van der Waals surface area contributed by atoms with Crippen LogP contribution in [-0.4, -0.2) is 4.70 Å². The van der Waals surface area contributed by atoms with Gasteiger partial charge in [0.2, 0.25) is 11.4 Å².